The van der Waals surface area contributed by atoms with Gasteiger partial charge in [-0.2, -0.15) is 0 Å². The van der Waals surface area contributed by atoms with E-state index in [1.54, 1.807) is 12.4 Å². The molecule has 0 aliphatic heterocycles. The van der Waals surface area contributed by atoms with Gasteiger partial charge in [0, 0.05) is 12.4 Å². The van der Waals surface area contributed by atoms with E-state index in [-0.39, 0.29) is 4.47 Å². The normalized spacial score (nSPS) is 12.5. The molecular weight excluding hydrogens is 316 g/mol. The fraction of sp³-hybridized carbons (Fsp3) is 0.154. The summed E-state index contributed by atoms with van der Waals surface area (Å²) >= 11 is 3.06. The zero-order chi connectivity index (χ0) is 14.0. The molecule has 1 aromatic heterocycles. The lowest BCUT2D eigenvalue weighted by Crippen LogP contribution is -2.29. The van der Waals surface area contributed by atoms with Crippen molar-refractivity contribution >= 4 is 15.9 Å². The number of hydrogen-bond donors (Lipinski definition) is 2. The minimum absolute atomic E-state index is 0.0527. The van der Waals surface area contributed by atoms with E-state index in [2.05, 4.69) is 26.3 Å². The summed E-state index contributed by atoms with van der Waals surface area (Å²) in [5.74, 6) is 3.69. The van der Waals surface area contributed by atoms with Crippen LogP contribution in [-0.2, 0) is 0 Å². The van der Waals surface area contributed by atoms with Crippen LogP contribution in [0.1, 0.15) is 22.7 Å². The SMILES string of the molecule is Cc1cncc(C(NN)c2ccc(F)c(F)c2Br)c1. The average Bonchev–Trinajstić information content (AvgIpc) is 2.40. The highest BCUT2D eigenvalue weighted by atomic mass is 79.9. The number of benzene rings is 1. The van der Waals surface area contributed by atoms with Crippen molar-refractivity contribution in [3.8, 4) is 0 Å². The first-order chi connectivity index (χ1) is 9.04. The first kappa shape index (κ1) is 14.0. The second-order valence-corrected chi connectivity index (χ2v) is 4.95. The van der Waals surface area contributed by atoms with E-state index in [0.717, 1.165) is 17.2 Å². The van der Waals surface area contributed by atoms with Gasteiger partial charge in [0.1, 0.15) is 0 Å². The Morgan fingerprint density at radius 3 is 2.68 bits per heavy atom. The summed E-state index contributed by atoms with van der Waals surface area (Å²) < 4.78 is 26.8. The van der Waals surface area contributed by atoms with Crippen LogP contribution in [0.5, 0.6) is 0 Å². The van der Waals surface area contributed by atoms with Gasteiger partial charge in [0.25, 0.3) is 0 Å². The molecule has 0 aliphatic rings. The lowest BCUT2D eigenvalue weighted by molar-refractivity contribution is 0.498. The molecule has 1 unspecified atom stereocenters. The number of hydrogen-bond acceptors (Lipinski definition) is 3. The molecule has 19 heavy (non-hydrogen) atoms. The van der Waals surface area contributed by atoms with E-state index < -0.39 is 17.7 Å². The molecule has 2 rings (SSSR count). The smallest absolute Gasteiger partial charge is 0.173 e. The highest BCUT2D eigenvalue weighted by Crippen LogP contribution is 2.31. The summed E-state index contributed by atoms with van der Waals surface area (Å²) in [7, 11) is 0. The standard InChI is InChI=1S/C13H12BrF2N3/c1-7-4-8(6-18-5-7)13(19-17)9-2-3-10(15)12(16)11(9)14/h2-6,13,19H,17H2,1H3. The number of aryl methyl sites for hydroxylation is 1. The van der Waals surface area contributed by atoms with Crippen LogP contribution < -0.4 is 11.3 Å². The molecule has 3 N–H and O–H groups in total. The van der Waals surface area contributed by atoms with Gasteiger partial charge in [-0.05, 0) is 45.6 Å². The first-order valence-electron chi connectivity index (χ1n) is 5.55. The van der Waals surface area contributed by atoms with Gasteiger partial charge in [0.15, 0.2) is 11.6 Å². The van der Waals surface area contributed by atoms with Gasteiger partial charge in [-0.3, -0.25) is 10.8 Å². The number of nitrogens with two attached hydrogens (primary N) is 1. The van der Waals surface area contributed by atoms with Gasteiger partial charge in [-0.1, -0.05) is 12.1 Å². The Morgan fingerprint density at radius 1 is 1.32 bits per heavy atom. The quantitative estimate of drug-likeness (QED) is 0.517. The molecule has 0 amide bonds. The maximum Gasteiger partial charge on any atom is 0.173 e. The summed E-state index contributed by atoms with van der Waals surface area (Å²) in [5, 5.41) is 0. The Morgan fingerprint density at radius 2 is 2.05 bits per heavy atom. The van der Waals surface area contributed by atoms with E-state index in [1.807, 2.05) is 13.0 Å². The third-order valence-electron chi connectivity index (χ3n) is 2.77. The van der Waals surface area contributed by atoms with Crippen LogP contribution in [0.4, 0.5) is 8.78 Å². The Labute approximate surface area is 117 Å². The lowest BCUT2D eigenvalue weighted by atomic mass is 9.99. The molecule has 2 aromatic rings. The van der Waals surface area contributed by atoms with Gasteiger partial charge in [0.05, 0.1) is 10.5 Å². The lowest BCUT2D eigenvalue weighted by Gasteiger charge is -2.18. The molecule has 0 fully saturated rings. The van der Waals surface area contributed by atoms with Gasteiger partial charge in [-0.25, -0.2) is 14.2 Å². The maximum atomic E-state index is 13.6. The van der Waals surface area contributed by atoms with Crippen molar-refractivity contribution < 1.29 is 8.78 Å². The van der Waals surface area contributed by atoms with E-state index >= 15 is 0 Å². The number of nitrogens with zero attached hydrogens (tertiary/aromatic N) is 1. The summed E-state index contributed by atoms with van der Waals surface area (Å²) in [6.45, 7) is 1.89. The van der Waals surface area contributed by atoms with Crippen molar-refractivity contribution in [3.63, 3.8) is 0 Å². The third kappa shape index (κ3) is 2.80. The summed E-state index contributed by atoms with van der Waals surface area (Å²) in [6.07, 6.45) is 3.34. The number of rotatable bonds is 3. The largest absolute Gasteiger partial charge is 0.271 e. The monoisotopic (exact) mass is 327 g/mol. The minimum atomic E-state index is -0.932. The molecule has 1 heterocycles. The summed E-state index contributed by atoms with van der Waals surface area (Å²) in [5.41, 5.74) is 4.83. The number of hydrazine groups is 1. The van der Waals surface area contributed by atoms with Crippen molar-refractivity contribution in [2.75, 3.05) is 0 Å². The van der Waals surface area contributed by atoms with Gasteiger partial charge in [-0.15, -0.1) is 0 Å². The fourth-order valence-corrected chi connectivity index (χ4v) is 2.42. The molecule has 0 radical (unpaired) electrons. The molecule has 3 nitrogen and oxygen atoms in total. The van der Waals surface area contributed by atoms with Crippen LogP contribution in [0.25, 0.3) is 0 Å². The van der Waals surface area contributed by atoms with Crippen molar-refractivity contribution in [2.45, 2.75) is 13.0 Å². The first-order valence-corrected chi connectivity index (χ1v) is 6.35. The fourth-order valence-electron chi connectivity index (χ4n) is 1.87. The number of halogens is 3. The predicted molar refractivity (Wildman–Crippen MR) is 72.2 cm³/mol. The van der Waals surface area contributed by atoms with Gasteiger partial charge < -0.3 is 0 Å². The number of nitrogens with one attached hydrogen (secondary N) is 1. The van der Waals surface area contributed by atoms with Crippen LogP contribution in [-0.4, -0.2) is 4.98 Å². The number of aromatic nitrogens is 1. The van der Waals surface area contributed by atoms with Crippen molar-refractivity contribution in [1.29, 1.82) is 0 Å². The van der Waals surface area contributed by atoms with Crippen LogP contribution >= 0.6 is 15.9 Å². The molecule has 0 spiro atoms. The Bertz CT molecular complexity index is 604. The number of pyridine rings is 1. The molecule has 1 aromatic carbocycles. The summed E-state index contributed by atoms with van der Waals surface area (Å²) in [4.78, 5) is 4.07. The van der Waals surface area contributed by atoms with Crippen molar-refractivity contribution in [3.05, 3.63) is 63.4 Å². The summed E-state index contributed by atoms with van der Waals surface area (Å²) in [6, 6.07) is 3.96. The zero-order valence-electron chi connectivity index (χ0n) is 10.1. The van der Waals surface area contributed by atoms with Gasteiger partial charge >= 0.3 is 0 Å². The molecule has 0 saturated carbocycles. The van der Waals surface area contributed by atoms with Crippen LogP contribution in [0.15, 0.2) is 35.1 Å². The molecule has 0 bridgehead atoms. The Balaban J connectivity index is 2.51. The molecule has 100 valence electrons. The van der Waals surface area contributed by atoms with E-state index in [4.69, 9.17) is 5.84 Å². The topological polar surface area (TPSA) is 50.9 Å². The molecule has 6 heteroatoms. The molecule has 0 saturated heterocycles. The predicted octanol–water partition coefficient (Wildman–Crippen LogP) is 2.98. The van der Waals surface area contributed by atoms with E-state index in [9.17, 15) is 8.78 Å². The Hall–Kier alpha value is -1.37. The maximum absolute atomic E-state index is 13.6. The second-order valence-electron chi connectivity index (χ2n) is 4.16. The molecule has 1 atom stereocenters. The average molecular weight is 328 g/mol. The third-order valence-corrected chi connectivity index (χ3v) is 3.58. The van der Waals surface area contributed by atoms with E-state index in [1.165, 1.54) is 6.07 Å². The highest BCUT2D eigenvalue weighted by molar-refractivity contribution is 9.10. The van der Waals surface area contributed by atoms with Crippen LogP contribution in [0, 0.1) is 18.6 Å². The van der Waals surface area contributed by atoms with Crippen molar-refractivity contribution in [2.24, 2.45) is 5.84 Å². The van der Waals surface area contributed by atoms with Crippen LogP contribution in [0.2, 0.25) is 0 Å². The second kappa shape index (κ2) is 5.73. The van der Waals surface area contributed by atoms with E-state index in [0.29, 0.717) is 5.56 Å². The van der Waals surface area contributed by atoms with Gasteiger partial charge in [0.2, 0.25) is 0 Å². The highest BCUT2D eigenvalue weighted by Gasteiger charge is 2.20. The molecule has 0 aliphatic carbocycles. The zero-order valence-corrected chi connectivity index (χ0v) is 11.7. The Kier molecular flexibility index (Phi) is 4.24. The van der Waals surface area contributed by atoms with Crippen LogP contribution in [0.3, 0.4) is 0 Å². The molecular formula is C13H12BrF2N3. The minimum Gasteiger partial charge on any atom is -0.271 e. The van der Waals surface area contributed by atoms with Crippen molar-refractivity contribution in [1.82, 2.24) is 10.4 Å².